The van der Waals surface area contributed by atoms with Gasteiger partial charge >= 0.3 is 0 Å². The van der Waals surface area contributed by atoms with Gasteiger partial charge in [0.05, 0.1) is 19.3 Å². The summed E-state index contributed by atoms with van der Waals surface area (Å²) in [4.78, 5) is 11.8. The average molecular weight is 211 g/mol. The van der Waals surface area contributed by atoms with Crippen molar-refractivity contribution in [2.45, 2.75) is 18.9 Å². The van der Waals surface area contributed by atoms with Gasteiger partial charge in [0, 0.05) is 5.92 Å². The fourth-order valence-corrected chi connectivity index (χ4v) is 2.54. The summed E-state index contributed by atoms with van der Waals surface area (Å²) in [6, 6.07) is -0.513. The number of allylic oxidation sites excluding steroid dienone is 2. The van der Waals surface area contributed by atoms with Crippen molar-refractivity contribution in [1.82, 2.24) is 5.32 Å². The molecule has 3 atom stereocenters. The highest BCUT2D eigenvalue weighted by atomic mass is 16.3. The molecule has 0 aromatic heterocycles. The Balaban J connectivity index is 1.89. The SMILES string of the molecule is O=C(NC(CO)CO)C1CC2C=CC1C2. The second-order valence-electron chi connectivity index (χ2n) is 4.46. The number of fused-ring (bicyclic) bond motifs is 2. The largest absolute Gasteiger partial charge is 0.394 e. The molecule has 3 N–H and O–H groups in total. The Morgan fingerprint density at radius 3 is 2.53 bits per heavy atom. The van der Waals surface area contributed by atoms with Crippen LogP contribution in [-0.4, -0.2) is 35.4 Å². The third-order valence-electron chi connectivity index (χ3n) is 3.40. The first kappa shape index (κ1) is 10.6. The number of aliphatic hydroxyl groups is 2. The zero-order chi connectivity index (χ0) is 10.8. The van der Waals surface area contributed by atoms with E-state index in [2.05, 4.69) is 17.5 Å². The second-order valence-corrected chi connectivity index (χ2v) is 4.46. The van der Waals surface area contributed by atoms with E-state index in [1.54, 1.807) is 0 Å². The molecule has 0 spiro atoms. The summed E-state index contributed by atoms with van der Waals surface area (Å²) in [5.41, 5.74) is 0. The molecule has 2 aliphatic rings. The van der Waals surface area contributed by atoms with Crippen molar-refractivity contribution in [2.24, 2.45) is 17.8 Å². The van der Waals surface area contributed by atoms with Crippen LogP contribution in [0.3, 0.4) is 0 Å². The second kappa shape index (κ2) is 4.33. The Kier molecular flexibility index (Phi) is 3.07. The minimum Gasteiger partial charge on any atom is -0.394 e. The first-order valence-corrected chi connectivity index (χ1v) is 5.45. The van der Waals surface area contributed by atoms with E-state index in [1.165, 1.54) is 0 Å². The lowest BCUT2D eigenvalue weighted by Crippen LogP contribution is -2.44. The zero-order valence-electron chi connectivity index (χ0n) is 8.60. The van der Waals surface area contributed by atoms with Crippen molar-refractivity contribution in [3.63, 3.8) is 0 Å². The number of rotatable bonds is 4. The molecule has 2 rings (SSSR count). The smallest absolute Gasteiger partial charge is 0.224 e. The minimum absolute atomic E-state index is 0.0278. The van der Waals surface area contributed by atoms with E-state index < -0.39 is 6.04 Å². The molecule has 84 valence electrons. The van der Waals surface area contributed by atoms with Crippen molar-refractivity contribution in [3.05, 3.63) is 12.2 Å². The minimum atomic E-state index is -0.513. The van der Waals surface area contributed by atoms with Crippen LogP contribution in [0.4, 0.5) is 0 Å². The van der Waals surface area contributed by atoms with E-state index in [0.29, 0.717) is 11.8 Å². The first-order chi connectivity index (χ1) is 7.24. The maximum Gasteiger partial charge on any atom is 0.224 e. The van der Waals surface area contributed by atoms with Gasteiger partial charge in [-0.15, -0.1) is 0 Å². The monoisotopic (exact) mass is 211 g/mol. The molecule has 0 saturated heterocycles. The van der Waals surface area contributed by atoms with E-state index >= 15 is 0 Å². The third-order valence-corrected chi connectivity index (χ3v) is 3.40. The van der Waals surface area contributed by atoms with Gasteiger partial charge in [0.1, 0.15) is 0 Å². The number of aliphatic hydroxyl groups excluding tert-OH is 2. The van der Waals surface area contributed by atoms with Crippen LogP contribution < -0.4 is 5.32 Å². The van der Waals surface area contributed by atoms with Crippen LogP contribution in [0.2, 0.25) is 0 Å². The van der Waals surface area contributed by atoms with Gasteiger partial charge in [-0.3, -0.25) is 4.79 Å². The normalized spacial score (nSPS) is 32.6. The van der Waals surface area contributed by atoms with Gasteiger partial charge in [-0.2, -0.15) is 0 Å². The summed E-state index contributed by atoms with van der Waals surface area (Å²) in [5.74, 6) is 0.945. The number of amides is 1. The van der Waals surface area contributed by atoms with E-state index in [9.17, 15) is 4.79 Å². The Morgan fingerprint density at radius 1 is 1.33 bits per heavy atom. The quantitative estimate of drug-likeness (QED) is 0.558. The lowest BCUT2D eigenvalue weighted by atomic mass is 9.92. The summed E-state index contributed by atoms with van der Waals surface area (Å²) in [6.07, 6.45) is 6.30. The van der Waals surface area contributed by atoms with Crippen LogP contribution in [-0.2, 0) is 4.79 Å². The molecule has 1 saturated carbocycles. The molecule has 1 fully saturated rings. The summed E-state index contributed by atoms with van der Waals surface area (Å²) in [6.45, 7) is -0.419. The first-order valence-electron chi connectivity index (χ1n) is 5.45. The summed E-state index contributed by atoms with van der Waals surface area (Å²) < 4.78 is 0. The van der Waals surface area contributed by atoms with Crippen molar-refractivity contribution in [1.29, 1.82) is 0 Å². The Labute approximate surface area is 89.0 Å². The summed E-state index contributed by atoms with van der Waals surface area (Å²) in [7, 11) is 0. The number of nitrogens with one attached hydrogen (secondary N) is 1. The maximum absolute atomic E-state index is 11.8. The maximum atomic E-state index is 11.8. The number of carbonyl (C=O) groups is 1. The van der Waals surface area contributed by atoms with Gasteiger partial charge in [0.25, 0.3) is 0 Å². The van der Waals surface area contributed by atoms with Gasteiger partial charge in [0.15, 0.2) is 0 Å². The molecule has 0 aromatic rings. The van der Waals surface area contributed by atoms with E-state index in [4.69, 9.17) is 10.2 Å². The lowest BCUT2D eigenvalue weighted by molar-refractivity contribution is -0.127. The Hall–Kier alpha value is -0.870. The van der Waals surface area contributed by atoms with Crippen LogP contribution in [0.5, 0.6) is 0 Å². The Bertz CT molecular complexity index is 273. The summed E-state index contributed by atoms with van der Waals surface area (Å²) >= 11 is 0. The predicted molar refractivity (Wildman–Crippen MR) is 54.9 cm³/mol. The van der Waals surface area contributed by atoms with E-state index in [0.717, 1.165) is 12.8 Å². The Morgan fingerprint density at radius 2 is 2.07 bits per heavy atom. The van der Waals surface area contributed by atoms with Crippen LogP contribution in [0.15, 0.2) is 12.2 Å². The van der Waals surface area contributed by atoms with Crippen LogP contribution in [0.25, 0.3) is 0 Å². The van der Waals surface area contributed by atoms with Crippen molar-refractivity contribution < 1.29 is 15.0 Å². The molecule has 4 heteroatoms. The van der Waals surface area contributed by atoms with Gasteiger partial charge in [-0.1, -0.05) is 12.2 Å². The van der Waals surface area contributed by atoms with Gasteiger partial charge < -0.3 is 15.5 Å². The fraction of sp³-hybridized carbons (Fsp3) is 0.727. The molecule has 2 aliphatic carbocycles. The summed E-state index contributed by atoms with van der Waals surface area (Å²) in [5, 5.41) is 20.4. The molecule has 0 heterocycles. The van der Waals surface area contributed by atoms with Crippen molar-refractivity contribution >= 4 is 5.91 Å². The lowest BCUT2D eigenvalue weighted by Gasteiger charge is -2.20. The molecular formula is C11H17NO3. The third kappa shape index (κ3) is 2.06. The molecule has 1 amide bonds. The molecule has 0 aromatic carbocycles. The number of hydrogen-bond acceptors (Lipinski definition) is 3. The van der Waals surface area contributed by atoms with Gasteiger partial charge in [-0.25, -0.2) is 0 Å². The molecule has 2 bridgehead atoms. The molecule has 0 radical (unpaired) electrons. The number of hydrogen-bond donors (Lipinski definition) is 3. The van der Waals surface area contributed by atoms with Crippen LogP contribution in [0.1, 0.15) is 12.8 Å². The van der Waals surface area contributed by atoms with E-state index in [1.807, 2.05) is 0 Å². The molecule has 15 heavy (non-hydrogen) atoms. The van der Waals surface area contributed by atoms with Crippen molar-refractivity contribution in [2.75, 3.05) is 13.2 Å². The highest BCUT2D eigenvalue weighted by Gasteiger charge is 2.40. The molecule has 4 nitrogen and oxygen atoms in total. The predicted octanol–water partition coefficient (Wildman–Crippen LogP) is -0.332. The molecule has 3 unspecified atom stereocenters. The van der Waals surface area contributed by atoms with Crippen molar-refractivity contribution in [3.8, 4) is 0 Å². The molecule has 0 aliphatic heterocycles. The van der Waals surface area contributed by atoms with Gasteiger partial charge in [0.2, 0.25) is 5.91 Å². The van der Waals surface area contributed by atoms with Crippen LogP contribution in [0, 0.1) is 17.8 Å². The fourth-order valence-electron chi connectivity index (χ4n) is 2.54. The topological polar surface area (TPSA) is 69.6 Å². The van der Waals surface area contributed by atoms with Crippen LogP contribution >= 0.6 is 0 Å². The highest BCUT2D eigenvalue weighted by molar-refractivity contribution is 5.80. The highest BCUT2D eigenvalue weighted by Crippen LogP contribution is 2.43. The average Bonchev–Trinajstić information content (AvgIpc) is 2.87. The van der Waals surface area contributed by atoms with E-state index in [-0.39, 0.29) is 25.0 Å². The number of carbonyl (C=O) groups excluding carboxylic acids is 1. The standard InChI is InChI=1S/C11H17NO3/c13-5-9(6-14)12-11(15)10-4-7-1-2-8(10)3-7/h1-2,7-10,13-14H,3-6H2,(H,12,15). The zero-order valence-corrected chi connectivity index (χ0v) is 8.60. The van der Waals surface area contributed by atoms with Gasteiger partial charge in [-0.05, 0) is 24.7 Å². The molecular weight excluding hydrogens is 194 g/mol.